The molecule has 1 saturated carbocycles. The molecule has 41 heavy (non-hydrogen) atoms. The van der Waals surface area contributed by atoms with Gasteiger partial charge in [0.1, 0.15) is 5.82 Å². The lowest BCUT2D eigenvalue weighted by Crippen LogP contribution is -2.32. The third kappa shape index (κ3) is 13.9. The van der Waals surface area contributed by atoms with Crippen molar-refractivity contribution in [2.75, 3.05) is 37.4 Å². The zero-order chi connectivity index (χ0) is 29.9. The first-order chi connectivity index (χ1) is 19.8. The predicted octanol–water partition coefficient (Wildman–Crippen LogP) is 8.49. The molecular weight excluding hydrogens is 507 g/mol. The second kappa shape index (κ2) is 19.3. The lowest BCUT2D eigenvalue weighted by molar-refractivity contribution is 0.334. The normalized spacial score (nSPS) is 15.4. The van der Waals surface area contributed by atoms with E-state index < -0.39 is 0 Å². The van der Waals surface area contributed by atoms with Crippen LogP contribution in [0.3, 0.4) is 0 Å². The maximum absolute atomic E-state index is 11.9. The van der Waals surface area contributed by atoms with Gasteiger partial charge in [-0.25, -0.2) is 4.39 Å². The number of nitrogens with zero attached hydrogens (tertiary/aromatic N) is 2. The zero-order valence-electron chi connectivity index (χ0n) is 25.2. The number of likely N-dealkylation sites (tertiary alicyclic amines) is 1. The highest BCUT2D eigenvalue weighted by Crippen LogP contribution is 2.26. The van der Waals surface area contributed by atoms with Crippen molar-refractivity contribution in [3.05, 3.63) is 134 Å². The van der Waals surface area contributed by atoms with Crippen molar-refractivity contribution in [3.63, 3.8) is 0 Å². The van der Waals surface area contributed by atoms with Crippen LogP contribution in [-0.4, -0.2) is 38.1 Å². The molecule has 1 saturated heterocycles. The molecule has 2 fully saturated rings. The number of halogens is 1. The smallest absolute Gasteiger partial charge is 0.123 e. The molecule has 2 N–H and O–H groups in total. The van der Waals surface area contributed by atoms with Crippen LogP contribution < -0.4 is 15.5 Å². The van der Waals surface area contributed by atoms with Crippen molar-refractivity contribution in [2.45, 2.75) is 45.2 Å². The van der Waals surface area contributed by atoms with Gasteiger partial charge in [0.05, 0.1) is 11.4 Å². The summed E-state index contributed by atoms with van der Waals surface area (Å²) in [7, 11) is 4.21. The molecule has 1 unspecified atom stereocenters. The van der Waals surface area contributed by atoms with E-state index in [1.165, 1.54) is 49.9 Å². The Kier molecular flexibility index (Phi) is 15.7. The molecule has 0 amide bonds. The Labute approximate surface area is 248 Å². The van der Waals surface area contributed by atoms with Crippen molar-refractivity contribution in [2.24, 2.45) is 5.92 Å². The minimum atomic E-state index is -0.178. The largest absolute Gasteiger partial charge is 0.383 e. The van der Waals surface area contributed by atoms with Crippen LogP contribution in [0.15, 0.2) is 123 Å². The second-order valence-corrected chi connectivity index (χ2v) is 10.5. The molecule has 0 aromatic heterocycles. The summed E-state index contributed by atoms with van der Waals surface area (Å²) < 4.78 is 11.9. The van der Waals surface area contributed by atoms with Gasteiger partial charge in [-0.1, -0.05) is 99.7 Å². The van der Waals surface area contributed by atoms with E-state index in [2.05, 4.69) is 84.5 Å². The lowest BCUT2D eigenvalue weighted by Gasteiger charge is -2.22. The van der Waals surface area contributed by atoms with E-state index in [1.54, 1.807) is 24.4 Å². The van der Waals surface area contributed by atoms with Crippen LogP contribution in [0.2, 0.25) is 0 Å². The summed E-state index contributed by atoms with van der Waals surface area (Å²) in [4.78, 5) is 4.50. The molecule has 0 radical (unpaired) electrons. The van der Waals surface area contributed by atoms with E-state index in [0.29, 0.717) is 6.04 Å². The van der Waals surface area contributed by atoms with Crippen LogP contribution in [0.1, 0.15) is 38.2 Å². The van der Waals surface area contributed by atoms with Crippen LogP contribution >= 0.6 is 0 Å². The molecule has 1 aliphatic heterocycles. The first kappa shape index (κ1) is 33.4. The van der Waals surface area contributed by atoms with Gasteiger partial charge in [-0.2, -0.15) is 0 Å². The van der Waals surface area contributed by atoms with Crippen LogP contribution in [0, 0.1) is 11.7 Å². The fourth-order valence-electron chi connectivity index (χ4n) is 4.19. The number of rotatable bonds is 9. The fraction of sp³-hybridized carbons (Fsp3) is 0.333. The highest BCUT2D eigenvalue weighted by atomic mass is 19.1. The molecule has 0 spiro atoms. The third-order valence-electron chi connectivity index (χ3n) is 6.86. The molecule has 220 valence electrons. The minimum absolute atomic E-state index is 0.178. The molecule has 2 aliphatic rings. The SMILES string of the molecule is C=C(NCc1ccccc1)C1CCCN1C.C=CCN(C)c1ccccc1NC=C.CC1CC1.Fc1ccccc1. The summed E-state index contributed by atoms with van der Waals surface area (Å²) in [6, 6.07) is 27.0. The van der Waals surface area contributed by atoms with E-state index in [9.17, 15) is 4.39 Å². The summed E-state index contributed by atoms with van der Waals surface area (Å²) in [5, 5.41) is 6.54. The van der Waals surface area contributed by atoms with Crippen molar-refractivity contribution in [1.82, 2.24) is 10.2 Å². The highest BCUT2D eigenvalue weighted by Gasteiger charge is 2.23. The Morgan fingerprint density at radius 1 is 0.951 bits per heavy atom. The Bertz CT molecular complexity index is 1140. The lowest BCUT2D eigenvalue weighted by atomic mass is 10.1. The molecule has 5 rings (SSSR count). The number of hydrogen-bond donors (Lipinski definition) is 2. The summed E-state index contributed by atoms with van der Waals surface area (Å²) in [5.41, 5.74) is 4.67. The van der Waals surface area contributed by atoms with E-state index in [1.807, 2.05) is 37.4 Å². The van der Waals surface area contributed by atoms with Gasteiger partial charge >= 0.3 is 0 Å². The molecule has 1 aliphatic carbocycles. The average Bonchev–Trinajstić information content (AvgIpc) is 3.66. The summed E-state index contributed by atoms with van der Waals surface area (Å²) in [6.07, 6.45) is 9.05. The number of hydrogen-bond acceptors (Lipinski definition) is 4. The molecule has 3 aromatic rings. The van der Waals surface area contributed by atoms with Crippen LogP contribution in [0.4, 0.5) is 15.8 Å². The van der Waals surface area contributed by atoms with Gasteiger partial charge in [0.2, 0.25) is 0 Å². The standard InChI is InChI=1S/C14H20N2.C12H16N2.C6H5F.C4H8/c1-12(14-9-6-10-16(14)2)15-11-13-7-4-3-5-8-13;1-4-10-14(3)12-9-7-6-8-11(12)13-5-2;7-6-4-2-1-3-5-6;1-4-2-3-4/h3-5,7-8,14-15H,1,6,9-11H2,2H3;4-9,13H,1-2,10H2,3H3;1-5H;4H,2-3H2,1H3. The second-order valence-electron chi connectivity index (χ2n) is 10.5. The average molecular weight is 557 g/mol. The third-order valence-corrected chi connectivity index (χ3v) is 6.86. The van der Waals surface area contributed by atoms with Crippen molar-refractivity contribution in [1.29, 1.82) is 0 Å². The Morgan fingerprint density at radius 2 is 1.54 bits per heavy atom. The maximum Gasteiger partial charge on any atom is 0.123 e. The van der Waals surface area contributed by atoms with E-state index in [0.717, 1.165) is 36.1 Å². The Hall–Kier alpha value is -3.83. The van der Waals surface area contributed by atoms with Gasteiger partial charge in [-0.15, -0.1) is 6.58 Å². The molecular formula is C36H49FN4. The number of likely N-dealkylation sites (N-methyl/N-ethyl adjacent to an activating group) is 2. The van der Waals surface area contributed by atoms with Gasteiger partial charge in [-0.05, 0) is 68.4 Å². The van der Waals surface area contributed by atoms with Gasteiger partial charge in [-0.3, -0.25) is 4.90 Å². The summed E-state index contributed by atoms with van der Waals surface area (Å²) in [6.45, 7) is 16.7. The number of benzene rings is 3. The molecule has 4 nitrogen and oxygen atoms in total. The van der Waals surface area contributed by atoms with E-state index >= 15 is 0 Å². The highest BCUT2D eigenvalue weighted by molar-refractivity contribution is 5.70. The molecule has 5 heteroatoms. The summed E-state index contributed by atoms with van der Waals surface area (Å²) in [5.74, 6) is 0.905. The molecule has 3 aromatic carbocycles. The minimum Gasteiger partial charge on any atom is -0.383 e. The Balaban J connectivity index is 0.000000212. The topological polar surface area (TPSA) is 30.5 Å². The first-order valence-electron chi connectivity index (χ1n) is 14.5. The van der Waals surface area contributed by atoms with Crippen molar-refractivity contribution < 1.29 is 4.39 Å². The number of nitrogens with one attached hydrogen (secondary N) is 2. The van der Waals surface area contributed by atoms with Gasteiger partial charge < -0.3 is 15.5 Å². The maximum atomic E-state index is 11.9. The fourth-order valence-corrected chi connectivity index (χ4v) is 4.19. The number of para-hydroxylation sites is 2. The number of anilines is 2. The van der Waals surface area contributed by atoms with E-state index in [4.69, 9.17) is 0 Å². The van der Waals surface area contributed by atoms with Crippen molar-refractivity contribution in [3.8, 4) is 0 Å². The quantitative estimate of drug-likeness (QED) is 0.259. The van der Waals surface area contributed by atoms with Gasteiger partial charge in [0.15, 0.2) is 0 Å². The Morgan fingerprint density at radius 3 is 2.02 bits per heavy atom. The van der Waals surface area contributed by atoms with Crippen molar-refractivity contribution >= 4 is 11.4 Å². The molecule has 1 heterocycles. The monoisotopic (exact) mass is 556 g/mol. The molecule has 0 bridgehead atoms. The molecule has 1 atom stereocenters. The van der Waals surface area contributed by atoms with Gasteiger partial charge in [0, 0.05) is 31.9 Å². The van der Waals surface area contributed by atoms with Gasteiger partial charge in [0.25, 0.3) is 0 Å². The van der Waals surface area contributed by atoms with E-state index in [-0.39, 0.29) is 5.82 Å². The van der Waals surface area contributed by atoms with Crippen LogP contribution in [0.25, 0.3) is 0 Å². The first-order valence-corrected chi connectivity index (χ1v) is 14.5. The van der Waals surface area contributed by atoms with Crippen LogP contribution in [0.5, 0.6) is 0 Å². The predicted molar refractivity (Wildman–Crippen MR) is 177 cm³/mol. The zero-order valence-corrected chi connectivity index (χ0v) is 25.2. The summed E-state index contributed by atoms with van der Waals surface area (Å²) >= 11 is 0. The van der Waals surface area contributed by atoms with Crippen LogP contribution in [-0.2, 0) is 6.54 Å².